The van der Waals surface area contributed by atoms with Crippen LogP contribution < -0.4 is 20.8 Å². The number of rotatable bonds is 8. The van der Waals surface area contributed by atoms with E-state index in [0.29, 0.717) is 34.6 Å². The van der Waals surface area contributed by atoms with Crippen molar-refractivity contribution in [1.29, 1.82) is 0 Å². The molecule has 35 heavy (non-hydrogen) atoms. The van der Waals surface area contributed by atoms with Gasteiger partial charge in [-0.2, -0.15) is 9.78 Å². The van der Waals surface area contributed by atoms with Gasteiger partial charge in [0.2, 0.25) is 0 Å². The van der Waals surface area contributed by atoms with E-state index in [1.165, 1.54) is 11.1 Å². The zero-order valence-corrected chi connectivity index (χ0v) is 21.6. The average Bonchev–Trinajstić information content (AvgIpc) is 2.84. The first-order valence-electron chi connectivity index (χ1n) is 11.5. The van der Waals surface area contributed by atoms with E-state index < -0.39 is 5.91 Å². The largest absolute Gasteiger partial charge is 0.490 e. The monoisotopic (exact) mass is 560 g/mol. The summed E-state index contributed by atoms with van der Waals surface area (Å²) in [6.07, 6.45) is 6.87. The lowest BCUT2D eigenvalue weighted by atomic mass is 9.88. The molecule has 0 radical (unpaired) electrons. The van der Waals surface area contributed by atoms with Crippen LogP contribution in [0.2, 0.25) is 5.02 Å². The minimum absolute atomic E-state index is 0.161. The van der Waals surface area contributed by atoms with E-state index in [1.807, 2.05) is 19.1 Å². The molecular formula is C25H26BrClN4O4. The van der Waals surface area contributed by atoms with E-state index in [9.17, 15) is 9.59 Å². The number of hydrogen-bond acceptors (Lipinski definition) is 6. The molecule has 0 spiro atoms. The summed E-state index contributed by atoms with van der Waals surface area (Å²) in [5.41, 5.74) is 6.21. The lowest BCUT2D eigenvalue weighted by molar-refractivity contribution is -0.119. The van der Waals surface area contributed by atoms with Gasteiger partial charge in [-0.15, -0.1) is 0 Å². The molecule has 10 heteroatoms. The second-order valence-corrected chi connectivity index (χ2v) is 9.67. The SMILES string of the molecule is CCOc1cc(C=Nn2c(C3CCCCC3)nc3ccc(Br)cc3c2=O)cc(Cl)c1OCC(N)=O. The number of nitrogens with two attached hydrogens (primary N) is 1. The number of halogens is 2. The second kappa shape index (κ2) is 11.2. The van der Waals surface area contributed by atoms with Gasteiger partial charge in [0.15, 0.2) is 18.1 Å². The molecule has 2 N–H and O–H groups in total. The fourth-order valence-electron chi connectivity index (χ4n) is 4.24. The highest BCUT2D eigenvalue weighted by atomic mass is 79.9. The highest BCUT2D eigenvalue weighted by Gasteiger charge is 2.22. The Morgan fingerprint density at radius 1 is 1.26 bits per heavy atom. The molecule has 1 fully saturated rings. The third-order valence-electron chi connectivity index (χ3n) is 5.82. The zero-order chi connectivity index (χ0) is 24.9. The summed E-state index contributed by atoms with van der Waals surface area (Å²) in [6.45, 7) is 1.85. The number of aromatic nitrogens is 2. The van der Waals surface area contributed by atoms with Crippen LogP contribution in [0.15, 0.2) is 44.7 Å². The summed E-state index contributed by atoms with van der Waals surface area (Å²) in [5.74, 6) is 0.774. The summed E-state index contributed by atoms with van der Waals surface area (Å²) >= 11 is 9.85. The van der Waals surface area contributed by atoms with Crippen molar-refractivity contribution in [1.82, 2.24) is 9.66 Å². The predicted octanol–water partition coefficient (Wildman–Crippen LogP) is 5.01. The Balaban J connectivity index is 1.78. The van der Waals surface area contributed by atoms with Crippen LogP contribution in [0.3, 0.4) is 0 Å². The minimum Gasteiger partial charge on any atom is -0.490 e. The van der Waals surface area contributed by atoms with E-state index in [4.69, 9.17) is 31.8 Å². The molecule has 184 valence electrons. The molecule has 4 rings (SSSR count). The summed E-state index contributed by atoms with van der Waals surface area (Å²) in [7, 11) is 0. The maximum Gasteiger partial charge on any atom is 0.282 e. The molecule has 1 saturated carbocycles. The quantitative estimate of drug-likeness (QED) is 0.389. The fourth-order valence-corrected chi connectivity index (χ4v) is 4.87. The Bertz CT molecular complexity index is 1340. The maximum absolute atomic E-state index is 13.5. The van der Waals surface area contributed by atoms with Crippen LogP contribution in [0.4, 0.5) is 0 Å². The first kappa shape index (κ1) is 25.2. The molecule has 1 aliphatic rings. The molecule has 0 atom stereocenters. The first-order valence-corrected chi connectivity index (χ1v) is 12.7. The van der Waals surface area contributed by atoms with Gasteiger partial charge < -0.3 is 15.2 Å². The lowest BCUT2D eigenvalue weighted by Gasteiger charge is -2.22. The molecule has 2 aromatic carbocycles. The number of carbonyl (C=O) groups is 1. The molecule has 0 bridgehead atoms. The van der Waals surface area contributed by atoms with Crippen molar-refractivity contribution in [3.63, 3.8) is 0 Å². The fraction of sp³-hybridized carbons (Fsp3) is 0.360. The summed E-state index contributed by atoms with van der Waals surface area (Å²) in [4.78, 5) is 29.5. The van der Waals surface area contributed by atoms with Crippen molar-refractivity contribution >= 4 is 50.6 Å². The highest BCUT2D eigenvalue weighted by molar-refractivity contribution is 9.10. The van der Waals surface area contributed by atoms with E-state index in [1.54, 1.807) is 24.4 Å². The standard InChI is InChI=1S/C25H26BrClN4O4/c1-2-34-21-11-15(10-19(27)23(21)35-14-22(28)32)13-29-31-24(16-6-4-3-5-7-16)30-20-9-8-17(26)12-18(20)25(31)33/h8-13,16H,2-7,14H2,1H3,(H2,28,32). The molecule has 1 aliphatic carbocycles. The van der Waals surface area contributed by atoms with Crippen LogP contribution in [0.25, 0.3) is 10.9 Å². The van der Waals surface area contributed by atoms with Crippen LogP contribution >= 0.6 is 27.5 Å². The van der Waals surface area contributed by atoms with Crippen LogP contribution in [0.5, 0.6) is 11.5 Å². The molecule has 1 aromatic heterocycles. The van der Waals surface area contributed by atoms with Crippen molar-refractivity contribution in [3.8, 4) is 11.5 Å². The Morgan fingerprint density at radius 3 is 2.74 bits per heavy atom. The van der Waals surface area contributed by atoms with Crippen molar-refractivity contribution in [3.05, 3.63) is 61.6 Å². The Kier molecular flexibility index (Phi) is 8.07. The summed E-state index contributed by atoms with van der Waals surface area (Å²) in [6, 6.07) is 8.80. The smallest absolute Gasteiger partial charge is 0.282 e. The van der Waals surface area contributed by atoms with Crippen molar-refractivity contribution < 1.29 is 14.3 Å². The van der Waals surface area contributed by atoms with E-state index in [-0.39, 0.29) is 28.9 Å². The van der Waals surface area contributed by atoms with Crippen molar-refractivity contribution in [2.45, 2.75) is 44.9 Å². The van der Waals surface area contributed by atoms with Gasteiger partial charge in [0.05, 0.1) is 28.7 Å². The number of hydrogen-bond donors (Lipinski definition) is 1. The molecule has 3 aromatic rings. The van der Waals surface area contributed by atoms with Crippen LogP contribution in [-0.4, -0.2) is 35.0 Å². The number of carbonyl (C=O) groups excluding carboxylic acids is 1. The Hall–Kier alpha value is -2.91. The van der Waals surface area contributed by atoms with E-state index in [0.717, 1.165) is 30.2 Å². The second-order valence-electron chi connectivity index (χ2n) is 8.35. The summed E-state index contributed by atoms with van der Waals surface area (Å²) in [5, 5.41) is 5.27. The Labute approximate surface area is 216 Å². The number of nitrogens with zero attached hydrogens (tertiary/aromatic N) is 3. The van der Waals surface area contributed by atoms with Crippen molar-refractivity contribution in [2.75, 3.05) is 13.2 Å². The molecule has 0 saturated heterocycles. The van der Waals surface area contributed by atoms with Gasteiger partial charge in [-0.05, 0) is 55.7 Å². The van der Waals surface area contributed by atoms with Gasteiger partial charge in [0, 0.05) is 10.4 Å². The molecular weight excluding hydrogens is 536 g/mol. The lowest BCUT2D eigenvalue weighted by Crippen LogP contribution is -2.25. The number of ether oxygens (including phenoxy) is 2. The number of benzene rings is 2. The van der Waals surface area contributed by atoms with Crippen molar-refractivity contribution in [2.24, 2.45) is 10.8 Å². The van der Waals surface area contributed by atoms with Gasteiger partial charge >= 0.3 is 0 Å². The number of primary amides is 1. The third-order valence-corrected chi connectivity index (χ3v) is 6.59. The minimum atomic E-state index is -0.626. The normalized spacial score (nSPS) is 14.5. The van der Waals surface area contributed by atoms with Crippen LogP contribution in [0.1, 0.15) is 56.3 Å². The van der Waals surface area contributed by atoms with Gasteiger partial charge in [-0.3, -0.25) is 9.59 Å². The van der Waals surface area contributed by atoms with Crippen LogP contribution in [-0.2, 0) is 4.79 Å². The first-order chi connectivity index (χ1) is 16.9. The van der Waals surface area contributed by atoms with E-state index in [2.05, 4.69) is 21.0 Å². The zero-order valence-electron chi connectivity index (χ0n) is 19.3. The van der Waals surface area contributed by atoms with Gasteiger partial charge in [-0.1, -0.05) is 46.8 Å². The molecule has 1 amide bonds. The highest BCUT2D eigenvalue weighted by Crippen LogP contribution is 2.36. The Morgan fingerprint density at radius 2 is 2.03 bits per heavy atom. The summed E-state index contributed by atoms with van der Waals surface area (Å²) < 4.78 is 13.3. The molecule has 0 unspecified atom stereocenters. The van der Waals surface area contributed by atoms with Crippen LogP contribution in [0, 0.1) is 0 Å². The average molecular weight is 562 g/mol. The maximum atomic E-state index is 13.5. The molecule has 1 heterocycles. The predicted molar refractivity (Wildman–Crippen MR) is 140 cm³/mol. The topological polar surface area (TPSA) is 109 Å². The van der Waals surface area contributed by atoms with Gasteiger partial charge in [-0.25, -0.2) is 4.98 Å². The molecule has 8 nitrogen and oxygen atoms in total. The van der Waals surface area contributed by atoms with E-state index >= 15 is 0 Å². The molecule has 0 aliphatic heterocycles. The number of fused-ring (bicyclic) bond motifs is 1. The van der Waals surface area contributed by atoms with Gasteiger partial charge in [0.25, 0.3) is 11.5 Å². The van der Waals surface area contributed by atoms with Gasteiger partial charge in [0.1, 0.15) is 5.82 Å². The third kappa shape index (κ3) is 5.85. The number of amides is 1.